The lowest BCUT2D eigenvalue weighted by atomic mass is 9.61. The molecule has 4 fully saturated rings. The monoisotopic (exact) mass is 552 g/mol. The summed E-state index contributed by atoms with van der Waals surface area (Å²) in [6, 6.07) is 0. The number of carbonyl (C=O) groups excluding carboxylic acids is 1. The van der Waals surface area contributed by atoms with Gasteiger partial charge >= 0.3 is 5.97 Å². The van der Waals surface area contributed by atoms with Gasteiger partial charge in [0, 0.05) is 13.0 Å². The first-order chi connectivity index (χ1) is 18.2. The van der Waals surface area contributed by atoms with Gasteiger partial charge in [-0.05, 0) is 123 Å². The van der Waals surface area contributed by atoms with E-state index in [0.29, 0.717) is 35.2 Å². The van der Waals surface area contributed by atoms with E-state index in [4.69, 9.17) is 9.16 Å². The van der Waals surface area contributed by atoms with Crippen LogP contribution in [0.15, 0.2) is 47.6 Å². The number of esters is 1. The van der Waals surface area contributed by atoms with Crippen LogP contribution in [-0.4, -0.2) is 26.5 Å². The fourth-order valence-corrected chi connectivity index (χ4v) is 8.93. The lowest BCUT2D eigenvalue weighted by molar-refractivity contribution is -0.144. The summed E-state index contributed by atoms with van der Waals surface area (Å²) in [6.07, 6.45) is 21.7. The van der Waals surface area contributed by atoms with Crippen LogP contribution in [-0.2, 0) is 14.0 Å². The highest BCUT2D eigenvalue weighted by Gasteiger charge is 2.50. The highest BCUT2D eigenvalue weighted by molar-refractivity contribution is 6.74. The smallest absolute Gasteiger partial charge is 0.303 e. The van der Waals surface area contributed by atoms with Crippen molar-refractivity contribution in [3.05, 3.63) is 47.6 Å². The van der Waals surface area contributed by atoms with Crippen LogP contribution in [0.4, 0.5) is 0 Å². The summed E-state index contributed by atoms with van der Waals surface area (Å²) in [5.41, 5.74) is 4.72. The number of fused-ring (bicyclic) bond motifs is 1. The minimum absolute atomic E-state index is 0.0311. The molecule has 0 aromatic carbocycles. The minimum Gasteiger partial charge on any atom is -0.458 e. The Balaban J connectivity index is 1.45. The molecule has 218 valence electrons. The van der Waals surface area contributed by atoms with Gasteiger partial charge in [-0.1, -0.05) is 70.6 Å². The van der Waals surface area contributed by atoms with Crippen molar-refractivity contribution in [2.45, 2.75) is 136 Å². The second-order valence-corrected chi connectivity index (χ2v) is 19.8. The Labute approximate surface area is 240 Å². The van der Waals surface area contributed by atoms with Crippen LogP contribution in [0.5, 0.6) is 0 Å². The predicted molar refractivity (Wildman–Crippen MR) is 166 cm³/mol. The lowest BCUT2D eigenvalue weighted by Gasteiger charge is -2.44. The highest BCUT2D eigenvalue weighted by Crippen LogP contribution is 2.59. The quantitative estimate of drug-likeness (QED) is 0.171. The molecule has 0 aliphatic heterocycles. The van der Waals surface area contributed by atoms with Gasteiger partial charge in [-0.3, -0.25) is 4.79 Å². The second-order valence-electron chi connectivity index (χ2n) is 15.0. The second kappa shape index (κ2) is 11.8. The molecule has 0 unspecified atom stereocenters. The van der Waals surface area contributed by atoms with E-state index in [0.717, 1.165) is 19.3 Å². The molecule has 4 aliphatic carbocycles. The van der Waals surface area contributed by atoms with Crippen molar-refractivity contribution in [1.82, 2.24) is 0 Å². The van der Waals surface area contributed by atoms with Gasteiger partial charge in [0.25, 0.3) is 0 Å². The van der Waals surface area contributed by atoms with Crippen LogP contribution < -0.4 is 0 Å². The average Bonchev–Trinajstić information content (AvgIpc) is 3.62. The van der Waals surface area contributed by atoms with E-state index in [1.54, 1.807) is 5.57 Å². The molecule has 0 bridgehead atoms. The maximum absolute atomic E-state index is 11.6. The maximum Gasteiger partial charge on any atom is 0.303 e. The summed E-state index contributed by atoms with van der Waals surface area (Å²) in [6.45, 7) is 22.7. The SMILES string of the molecule is C=C1CC[C@H](O[Si](C)(C)C(C)(C)C)C/C1=C\C=C1/CCC[C@]2(C)[C@@H]([C@H](C)/C=C/[C@H](OC(C)=O)C3CC3)CC[C@@H]12. The molecule has 39 heavy (non-hydrogen) atoms. The molecule has 6 atom stereocenters. The molecule has 3 nitrogen and oxygen atoms in total. The van der Waals surface area contributed by atoms with Crippen LogP contribution >= 0.6 is 0 Å². The molecule has 4 aliphatic rings. The number of ether oxygens (including phenoxy) is 1. The molecule has 0 radical (unpaired) electrons. The van der Waals surface area contributed by atoms with E-state index >= 15 is 0 Å². The molecule has 0 aromatic heterocycles. The van der Waals surface area contributed by atoms with Gasteiger partial charge in [0.05, 0.1) is 0 Å². The predicted octanol–water partition coefficient (Wildman–Crippen LogP) is 9.72. The zero-order chi connectivity index (χ0) is 28.6. The Bertz CT molecular complexity index is 1010. The standard InChI is InChI=1S/C35H56O3Si/c1-24-12-18-30(38-39(8,9)34(4,5)6)23-29(24)17-14-27-11-10-22-35(7)31(19-20-32(27)35)25(2)13-21-33(28-15-16-28)37-26(3)36/h13-14,17,21,25,28,30-33H,1,10-12,15-16,18-20,22-23H2,2-9H3/b21-13+,27-14+,29-17+/t25-,30+,31-,32+,33+,35-/m1/s1. The Morgan fingerprint density at radius 3 is 2.44 bits per heavy atom. The van der Waals surface area contributed by atoms with Gasteiger partial charge in [-0.15, -0.1) is 0 Å². The minimum atomic E-state index is -1.77. The summed E-state index contributed by atoms with van der Waals surface area (Å²) in [4.78, 5) is 11.6. The number of hydrogen-bond donors (Lipinski definition) is 0. The molecule has 0 saturated heterocycles. The van der Waals surface area contributed by atoms with Gasteiger partial charge < -0.3 is 9.16 Å². The molecule has 0 aromatic rings. The lowest BCUT2D eigenvalue weighted by Crippen LogP contribution is -2.44. The van der Waals surface area contributed by atoms with Gasteiger partial charge in [-0.2, -0.15) is 0 Å². The third kappa shape index (κ3) is 7.10. The third-order valence-electron chi connectivity index (χ3n) is 11.1. The molecule has 4 heteroatoms. The normalized spacial score (nSPS) is 33.9. The molecule has 4 saturated carbocycles. The third-order valence-corrected chi connectivity index (χ3v) is 15.6. The van der Waals surface area contributed by atoms with E-state index in [9.17, 15) is 4.79 Å². The van der Waals surface area contributed by atoms with E-state index in [1.165, 1.54) is 63.0 Å². The topological polar surface area (TPSA) is 35.5 Å². The van der Waals surface area contributed by atoms with E-state index in [2.05, 4.69) is 78.6 Å². The average molecular weight is 553 g/mol. The van der Waals surface area contributed by atoms with E-state index in [1.807, 2.05) is 0 Å². The Hall–Kier alpha value is -1.39. The van der Waals surface area contributed by atoms with Gasteiger partial charge in [-0.25, -0.2) is 0 Å². The first kappa shape index (κ1) is 30.6. The summed E-state index contributed by atoms with van der Waals surface area (Å²) >= 11 is 0. The zero-order valence-electron chi connectivity index (χ0n) is 26.3. The molecule has 0 spiro atoms. The molecular formula is C35H56O3Si. The Morgan fingerprint density at radius 1 is 1.08 bits per heavy atom. The number of allylic oxidation sites excluding steroid dienone is 5. The van der Waals surface area contributed by atoms with E-state index < -0.39 is 8.32 Å². The fourth-order valence-electron chi connectivity index (χ4n) is 7.55. The highest BCUT2D eigenvalue weighted by atomic mass is 28.4. The summed E-state index contributed by atoms with van der Waals surface area (Å²) in [5.74, 6) is 2.22. The maximum atomic E-state index is 11.6. The first-order valence-electron chi connectivity index (χ1n) is 15.8. The fraction of sp³-hybridized carbons (Fsp3) is 0.743. The summed E-state index contributed by atoms with van der Waals surface area (Å²) in [7, 11) is -1.77. The van der Waals surface area contributed by atoms with Crippen LogP contribution in [0.2, 0.25) is 18.1 Å². The van der Waals surface area contributed by atoms with Crippen molar-refractivity contribution in [2.24, 2.45) is 29.1 Å². The zero-order valence-corrected chi connectivity index (χ0v) is 27.3. The molecule has 0 heterocycles. The molecule has 0 N–H and O–H groups in total. The molecule has 4 rings (SSSR count). The van der Waals surface area contributed by atoms with Gasteiger partial charge in [0.15, 0.2) is 8.32 Å². The number of hydrogen-bond acceptors (Lipinski definition) is 3. The van der Waals surface area contributed by atoms with Crippen LogP contribution in [0.25, 0.3) is 0 Å². The summed E-state index contributed by atoms with van der Waals surface area (Å²) < 4.78 is 12.5. The van der Waals surface area contributed by atoms with Crippen molar-refractivity contribution in [2.75, 3.05) is 0 Å². The van der Waals surface area contributed by atoms with Crippen molar-refractivity contribution in [1.29, 1.82) is 0 Å². The Kier molecular flexibility index (Phi) is 9.28. The molecule has 0 amide bonds. The number of rotatable bonds is 8. The van der Waals surface area contributed by atoms with Crippen molar-refractivity contribution in [3.8, 4) is 0 Å². The summed E-state index contributed by atoms with van der Waals surface area (Å²) in [5, 5.41) is 0.241. The van der Waals surface area contributed by atoms with Crippen molar-refractivity contribution >= 4 is 14.3 Å². The van der Waals surface area contributed by atoms with Crippen molar-refractivity contribution in [3.63, 3.8) is 0 Å². The van der Waals surface area contributed by atoms with E-state index in [-0.39, 0.29) is 17.1 Å². The van der Waals surface area contributed by atoms with Crippen molar-refractivity contribution < 1.29 is 14.0 Å². The van der Waals surface area contributed by atoms with Gasteiger partial charge in [0.1, 0.15) is 6.10 Å². The van der Waals surface area contributed by atoms with Crippen LogP contribution in [0.3, 0.4) is 0 Å². The largest absolute Gasteiger partial charge is 0.458 e. The first-order valence-corrected chi connectivity index (χ1v) is 18.7. The number of carbonyl (C=O) groups is 1. The Morgan fingerprint density at radius 2 is 1.79 bits per heavy atom. The van der Waals surface area contributed by atoms with Gasteiger partial charge in [0.2, 0.25) is 0 Å². The van der Waals surface area contributed by atoms with Crippen LogP contribution in [0, 0.1) is 29.1 Å². The van der Waals surface area contributed by atoms with Crippen LogP contribution in [0.1, 0.15) is 106 Å². The molecular weight excluding hydrogens is 496 g/mol.